The van der Waals surface area contributed by atoms with Gasteiger partial charge in [0, 0.05) is 13.2 Å². The number of hydrogen-bond acceptors (Lipinski definition) is 5. The van der Waals surface area contributed by atoms with Gasteiger partial charge in [-0.1, -0.05) is 0 Å². The van der Waals surface area contributed by atoms with E-state index in [-0.39, 0.29) is 10.7 Å². The smallest absolute Gasteiger partial charge is 0.246 e. The van der Waals surface area contributed by atoms with Gasteiger partial charge < -0.3 is 11.5 Å². The second-order valence-corrected chi connectivity index (χ2v) is 4.98. The van der Waals surface area contributed by atoms with E-state index in [0.717, 1.165) is 0 Å². The van der Waals surface area contributed by atoms with Crippen LogP contribution in [0.15, 0.2) is 11.1 Å². The number of nitrogens with one attached hydrogen (secondary N) is 1. The molecular weight excluding hydrogens is 234 g/mol. The topological polar surface area (TPSA) is 133 Å². The number of aryl methyl sites for hydroxylation is 1. The molecule has 1 rings (SSSR count). The maximum atomic E-state index is 11.7. The molecule has 16 heavy (non-hydrogen) atoms. The zero-order valence-electron chi connectivity index (χ0n) is 8.84. The van der Waals surface area contributed by atoms with E-state index in [4.69, 9.17) is 11.5 Å². The normalized spacial score (nSPS) is 13.6. The number of nitrogen functional groups attached to an aromatic ring is 1. The largest absolute Gasteiger partial charge is 0.381 e. The fourth-order valence-electron chi connectivity index (χ4n) is 1.05. The van der Waals surface area contributed by atoms with E-state index >= 15 is 0 Å². The molecule has 0 aliphatic heterocycles. The first-order valence-electron chi connectivity index (χ1n) is 4.35. The Morgan fingerprint density at radius 3 is 2.56 bits per heavy atom. The molecule has 1 unspecified atom stereocenters. The van der Waals surface area contributed by atoms with Crippen molar-refractivity contribution in [3.05, 3.63) is 6.20 Å². The summed E-state index contributed by atoms with van der Waals surface area (Å²) in [5, 5.41) is 3.69. The summed E-state index contributed by atoms with van der Waals surface area (Å²) < 4.78 is 26.8. The number of carbonyl (C=O) groups excluding carboxylic acids is 1. The lowest BCUT2D eigenvalue weighted by atomic mass is 10.4. The number of nitrogens with two attached hydrogens (primary N) is 2. The molecule has 9 heteroatoms. The van der Waals surface area contributed by atoms with Crippen LogP contribution in [-0.4, -0.2) is 30.1 Å². The number of nitrogens with zero attached hydrogens (tertiary/aromatic N) is 2. The highest BCUT2D eigenvalue weighted by Crippen LogP contribution is 2.15. The van der Waals surface area contributed by atoms with Crippen molar-refractivity contribution in [3.63, 3.8) is 0 Å². The second-order valence-electron chi connectivity index (χ2n) is 3.30. The monoisotopic (exact) mass is 247 g/mol. The minimum atomic E-state index is -3.87. The summed E-state index contributed by atoms with van der Waals surface area (Å²) in [5.41, 5.74) is 10.4. The van der Waals surface area contributed by atoms with Crippen molar-refractivity contribution in [2.24, 2.45) is 12.8 Å². The molecule has 1 amide bonds. The van der Waals surface area contributed by atoms with E-state index in [2.05, 4.69) is 9.82 Å². The molecule has 0 aliphatic rings. The van der Waals surface area contributed by atoms with Crippen LogP contribution in [0.5, 0.6) is 0 Å². The summed E-state index contributed by atoms with van der Waals surface area (Å²) in [6.07, 6.45) is 1.24. The molecule has 0 spiro atoms. The Labute approximate surface area is 92.7 Å². The molecule has 0 saturated carbocycles. The number of aromatic nitrogens is 2. The third-order valence-corrected chi connectivity index (χ3v) is 3.43. The predicted molar refractivity (Wildman–Crippen MR) is 56.6 cm³/mol. The summed E-state index contributed by atoms with van der Waals surface area (Å²) >= 11 is 0. The van der Waals surface area contributed by atoms with Crippen LogP contribution in [0.2, 0.25) is 0 Å². The Balaban J connectivity index is 3.03. The molecular formula is C7H13N5O3S. The SMILES string of the molecule is CC(NS(=O)(=O)c1cn(C)nc1N)C(N)=O. The first-order valence-corrected chi connectivity index (χ1v) is 5.83. The van der Waals surface area contributed by atoms with Crippen LogP contribution < -0.4 is 16.2 Å². The lowest BCUT2D eigenvalue weighted by molar-refractivity contribution is -0.119. The third-order valence-electron chi connectivity index (χ3n) is 1.87. The van der Waals surface area contributed by atoms with Crippen LogP contribution >= 0.6 is 0 Å². The molecule has 0 fully saturated rings. The first kappa shape index (κ1) is 12.5. The van der Waals surface area contributed by atoms with Gasteiger partial charge in [0.1, 0.15) is 4.90 Å². The van der Waals surface area contributed by atoms with Gasteiger partial charge in [0.15, 0.2) is 5.82 Å². The molecule has 0 bridgehead atoms. The highest BCUT2D eigenvalue weighted by Gasteiger charge is 2.24. The molecule has 1 atom stereocenters. The van der Waals surface area contributed by atoms with Gasteiger partial charge in [-0.15, -0.1) is 0 Å². The second kappa shape index (κ2) is 4.10. The Morgan fingerprint density at radius 2 is 2.19 bits per heavy atom. The number of rotatable bonds is 4. The summed E-state index contributed by atoms with van der Waals surface area (Å²) in [7, 11) is -2.34. The van der Waals surface area contributed by atoms with Crippen LogP contribution in [0, 0.1) is 0 Å². The fourth-order valence-corrected chi connectivity index (χ4v) is 2.36. The van der Waals surface area contributed by atoms with Gasteiger partial charge in [0.2, 0.25) is 15.9 Å². The molecule has 90 valence electrons. The maximum absolute atomic E-state index is 11.7. The standard InChI is InChI=1S/C7H13N5O3S/c1-4(7(9)13)11-16(14,15)5-3-12(2)10-6(5)8/h3-4,11H,1-2H3,(H2,8,10)(H2,9,13). The number of sulfonamides is 1. The van der Waals surface area contributed by atoms with E-state index in [1.807, 2.05) is 0 Å². The van der Waals surface area contributed by atoms with E-state index in [1.54, 1.807) is 0 Å². The summed E-state index contributed by atoms with van der Waals surface area (Å²) in [6.45, 7) is 1.34. The van der Waals surface area contributed by atoms with Gasteiger partial charge >= 0.3 is 0 Å². The van der Waals surface area contributed by atoms with E-state index in [1.165, 1.54) is 24.9 Å². The predicted octanol–water partition coefficient (Wildman–Crippen LogP) is -1.85. The summed E-state index contributed by atoms with van der Waals surface area (Å²) in [6, 6.07) is -1.01. The molecule has 0 aliphatic carbocycles. The molecule has 1 aromatic rings. The minimum absolute atomic E-state index is 0.133. The van der Waals surface area contributed by atoms with E-state index in [9.17, 15) is 13.2 Å². The van der Waals surface area contributed by atoms with Crippen molar-refractivity contribution in [1.82, 2.24) is 14.5 Å². The minimum Gasteiger partial charge on any atom is -0.381 e. The number of anilines is 1. The van der Waals surface area contributed by atoms with Gasteiger partial charge in [-0.3, -0.25) is 9.48 Å². The van der Waals surface area contributed by atoms with Gasteiger partial charge in [-0.05, 0) is 6.92 Å². The Kier molecular flexibility index (Phi) is 3.19. The van der Waals surface area contributed by atoms with Gasteiger partial charge in [0.05, 0.1) is 6.04 Å². The highest BCUT2D eigenvalue weighted by atomic mass is 32.2. The van der Waals surface area contributed by atoms with Gasteiger partial charge in [0.25, 0.3) is 0 Å². The van der Waals surface area contributed by atoms with Crippen LogP contribution in [0.1, 0.15) is 6.92 Å². The molecule has 8 nitrogen and oxygen atoms in total. The van der Waals surface area contributed by atoms with Gasteiger partial charge in [-0.25, -0.2) is 8.42 Å². The maximum Gasteiger partial charge on any atom is 0.246 e. The quantitative estimate of drug-likeness (QED) is 0.574. The van der Waals surface area contributed by atoms with Crippen LogP contribution in [0.4, 0.5) is 5.82 Å². The average molecular weight is 247 g/mol. The molecule has 0 aromatic carbocycles. The van der Waals surface area contributed by atoms with Crippen LogP contribution in [0.3, 0.4) is 0 Å². The van der Waals surface area contributed by atoms with Crippen molar-refractivity contribution in [2.45, 2.75) is 17.9 Å². The lowest BCUT2D eigenvalue weighted by Crippen LogP contribution is -2.42. The molecule has 5 N–H and O–H groups in total. The van der Waals surface area contributed by atoms with Crippen molar-refractivity contribution < 1.29 is 13.2 Å². The average Bonchev–Trinajstić information content (AvgIpc) is 2.45. The fraction of sp³-hybridized carbons (Fsp3) is 0.429. The Bertz CT molecular complexity index is 506. The van der Waals surface area contributed by atoms with Crippen LogP contribution in [0.25, 0.3) is 0 Å². The zero-order valence-corrected chi connectivity index (χ0v) is 9.65. The Morgan fingerprint density at radius 1 is 1.62 bits per heavy atom. The number of carbonyl (C=O) groups is 1. The Hall–Kier alpha value is -1.61. The third kappa shape index (κ3) is 2.49. The van der Waals surface area contributed by atoms with Crippen molar-refractivity contribution in [2.75, 3.05) is 5.73 Å². The van der Waals surface area contributed by atoms with E-state index in [0.29, 0.717) is 0 Å². The first-order chi connectivity index (χ1) is 7.24. The lowest BCUT2D eigenvalue weighted by Gasteiger charge is -2.09. The van der Waals surface area contributed by atoms with Crippen molar-refractivity contribution in [3.8, 4) is 0 Å². The number of hydrogen-bond donors (Lipinski definition) is 3. The van der Waals surface area contributed by atoms with Crippen LogP contribution in [-0.2, 0) is 21.9 Å². The molecule has 1 aromatic heterocycles. The zero-order chi connectivity index (χ0) is 12.5. The molecule has 1 heterocycles. The van der Waals surface area contributed by atoms with E-state index < -0.39 is 22.0 Å². The summed E-state index contributed by atoms with van der Waals surface area (Å²) in [4.78, 5) is 10.6. The summed E-state index contributed by atoms with van der Waals surface area (Å²) in [5.74, 6) is -0.905. The number of amides is 1. The van der Waals surface area contributed by atoms with Crippen molar-refractivity contribution >= 4 is 21.7 Å². The van der Waals surface area contributed by atoms with Crippen molar-refractivity contribution in [1.29, 1.82) is 0 Å². The molecule has 0 saturated heterocycles. The number of primary amides is 1. The molecule has 0 radical (unpaired) electrons. The highest BCUT2D eigenvalue weighted by molar-refractivity contribution is 7.89. The van der Waals surface area contributed by atoms with Gasteiger partial charge in [-0.2, -0.15) is 9.82 Å².